The molecule has 1 aromatic heterocycles. The molecule has 0 fully saturated rings. The van der Waals surface area contributed by atoms with Gasteiger partial charge in [0.05, 0.1) is 5.69 Å². The van der Waals surface area contributed by atoms with E-state index in [9.17, 15) is 18.8 Å². The van der Waals surface area contributed by atoms with Crippen molar-refractivity contribution in [3.63, 3.8) is 0 Å². The van der Waals surface area contributed by atoms with E-state index in [0.717, 1.165) is 4.88 Å². The van der Waals surface area contributed by atoms with Crippen LogP contribution in [0.15, 0.2) is 47.9 Å². The number of thiophene rings is 1. The van der Waals surface area contributed by atoms with E-state index < -0.39 is 30.3 Å². The smallest absolute Gasteiger partial charge is 0.331 e. The van der Waals surface area contributed by atoms with Gasteiger partial charge in [0.25, 0.3) is 5.91 Å². The summed E-state index contributed by atoms with van der Waals surface area (Å²) in [6.45, 7) is -0.627. The summed E-state index contributed by atoms with van der Waals surface area (Å²) in [5.74, 6) is -2.18. The van der Waals surface area contributed by atoms with Gasteiger partial charge in [0.2, 0.25) is 0 Å². The molecule has 2 N–H and O–H groups in total. The Hall–Kier alpha value is -3.00. The monoisotopic (exact) mass is 348 g/mol. The second kappa shape index (κ2) is 8.59. The average Bonchev–Trinajstić information content (AvgIpc) is 3.06. The minimum Gasteiger partial charge on any atom is -0.452 e. The highest BCUT2D eigenvalue weighted by Crippen LogP contribution is 2.12. The van der Waals surface area contributed by atoms with Gasteiger partial charge in [-0.15, -0.1) is 11.3 Å². The van der Waals surface area contributed by atoms with Crippen molar-refractivity contribution in [1.82, 2.24) is 5.32 Å². The van der Waals surface area contributed by atoms with Crippen molar-refractivity contribution in [3.05, 3.63) is 58.5 Å². The highest BCUT2D eigenvalue weighted by atomic mass is 32.1. The normalized spacial score (nSPS) is 10.4. The van der Waals surface area contributed by atoms with E-state index in [-0.39, 0.29) is 5.69 Å². The Labute approximate surface area is 140 Å². The molecule has 0 aliphatic heterocycles. The Morgan fingerprint density at radius 1 is 1.17 bits per heavy atom. The van der Waals surface area contributed by atoms with Crippen molar-refractivity contribution < 1.29 is 23.5 Å². The highest BCUT2D eigenvalue weighted by Gasteiger charge is 2.11. The lowest BCUT2D eigenvalue weighted by molar-refractivity contribution is -0.143. The van der Waals surface area contributed by atoms with Crippen LogP contribution in [0.5, 0.6) is 0 Å². The van der Waals surface area contributed by atoms with Gasteiger partial charge in [-0.2, -0.15) is 0 Å². The first kappa shape index (κ1) is 17.4. The third kappa shape index (κ3) is 5.65. The molecule has 0 bridgehead atoms. The molecule has 3 amide bonds. The van der Waals surface area contributed by atoms with Gasteiger partial charge in [-0.25, -0.2) is 14.0 Å². The van der Waals surface area contributed by atoms with Gasteiger partial charge in [0.1, 0.15) is 5.82 Å². The van der Waals surface area contributed by atoms with Crippen LogP contribution in [0.25, 0.3) is 6.08 Å². The molecule has 1 heterocycles. The number of carbonyl (C=O) groups excluding carboxylic acids is 3. The molecule has 2 rings (SSSR count). The van der Waals surface area contributed by atoms with Gasteiger partial charge in [0, 0.05) is 11.0 Å². The highest BCUT2D eigenvalue weighted by molar-refractivity contribution is 7.10. The maximum atomic E-state index is 13.3. The second-order valence-electron chi connectivity index (χ2n) is 4.44. The minimum absolute atomic E-state index is 0.0707. The standard InChI is InChI=1S/C16H13FN2O4S/c17-12-5-1-2-6-13(12)18-16(22)19-14(20)10-23-15(21)8-7-11-4-3-9-24-11/h1-9H,10H2,(H2,18,19,20,22)/b8-7+. The van der Waals surface area contributed by atoms with Crippen molar-refractivity contribution in [2.24, 2.45) is 0 Å². The molecule has 0 saturated carbocycles. The summed E-state index contributed by atoms with van der Waals surface area (Å²) in [7, 11) is 0. The van der Waals surface area contributed by atoms with E-state index in [2.05, 4.69) is 10.1 Å². The number of benzene rings is 1. The molecule has 8 heteroatoms. The number of nitrogens with one attached hydrogen (secondary N) is 2. The van der Waals surface area contributed by atoms with E-state index in [1.807, 2.05) is 22.8 Å². The Morgan fingerprint density at radius 2 is 1.96 bits per heavy atom. The van der Waals surface area contributed by atoms with E-state index in [1.54, 1.807) is 6.08 Å². The Bertz CT molecular complexity index is 759. The number of para-hydroxylation sites is 1. The van der Waals surface area contributed by atoms with Crippen molar-refractivity contribution in [3.8, 4) is 0 Å². The molecule has 0 spiro atoms. The molecule has 1 aromatic carbocycles. The Balaban J connectivity index is 1.73. The number of hydrogen-bond acceptors (Lipinski definition) is 5. The van der Waals surface area contributed by atoms with E-state index in [1.165, 1.54) is 41.7 Å². The first-order chi connectivity index (χ1) is 11.5. The first-order valence-corrected chi connectivity index (χ1v) is 7.66. The summed E-state index contributed by atoms with van der Waals surface area (Å²) in [6, 6.07) is 8.23. The summed E-state index contributed by atoms with van der Waals surface area (Å²) >= 11 is 1.44. The fourth-order valence-electron chi connectivity index (χ4n) is 1.60. The van der Waals surface area contributed by atoms with E-state index in [4.69, 9.17) is 0 Å². The van der Waals surface area contributed by atoms with Gasteiger partial charge in [-0.1, -0.05) is 18.2 Å². The number of carbonyl (C=O) groups is 3. The van der Waals surface area contributed by atoms with Gasteiger partial charge < -0.3 is 10.1 Å². The SMILES string of the molecule is O=C(COC(=O)/C=C/c1cccs1)NC(=O)Nc1ccccc1F. The average molecular weight is 348 g/mol. The zero-order valence-corrected chi connectivity index (χ0v) is 13.1. The third-order valence-corrected chi connectivity index (χ3v) is 3.48. The van der Waals surface area contributed by atoms with Gasteiger partial charge in [-0.05, 0) is 29.7 Å². The van der Waals surface area contributed by atoms with Crippen LogP contribution in [0.3, 0.4) is 0 Å². The van der Waals surface area contributed by atoms with Gasteiger partial charge in [0.15, 0.2) is 6.61 Å². The summed E-state index contributed by atoms with van der Waals surface area (Å²) in [6.07, 6.45) is 2.73. The summed E-state index contributed by atoms with van der Waals surface area (Å²) in [5, 5.41) is 5.95. The molecule has 6 nitrogen and oxygen atoms in total. The fourth-order valence-corrected chi connectivity index (χ4v) is 2.22. The number of imide groups is 1. The lowest BCUT2D eigenvalue weighted by Crippen LogP contribution is -2.37. The lowest BCUT2D eigenvalue weighted by Gasteiger charge is -2.07. The fraction of sp³-hybridized carbons (Fsp3) is 0.0625. The van der Waals surface area contributed by atoms with Gasteiger partial charge >= 0.3 is 12.0 Å². The van der Waals surface area contributed by atoms with Crippen molar-refractivity contribution in [1.29, 1.82) is 0 Å². The quantitative estimate of drug-likeness (QED) is 0.643. The predicted molar refractivity (Wildman–Crippen MR) is 87.9 cm³/mol. The maximum Gasteiger partial charge on any atom is 0.331 e. The van der Waals surface area contributed by atoms with Crippen LogP contribution in [0.1, 0.15) is 4.88 Å². The van der Waals surface area contributed by atoms with Crippen molar-refractivity contribution >= 4 is 41.0 Å². The number of esters is 1. The van der Waals surface area contributed by atoms with Crippen LogP contribution in [-0.4, -0.2) is 24.5 Å². The molecule has 0 unspecified atom stereocenters. The number of hydrogen-bond donors (Lipinski definition) is 2. The zero-order valence-electron chi connectivity index (χ0n) is 12.3. The van der Waals surface area contributed by atoms with Crippen molar-refractivity contribution in [2.45, 2.75) is 0 Å². The summed E-state index contributed by atoms with van der Waals surface area (Å²) in [5.41, 5.74) is -0.0707. The minimum atomic E-state index is -0.921. The summed E-state index contributed by atoms with van der Waals surface area (Å²) < 4.78 is 18.0. The van der Waals surface area contributed by atoms with E-state index in [0.29, 0.717) is 0 Å². The van der Waals surface area contributed by atoms with Crippen LogP contribution < -0.4 is 10.6 Å². The Kier molecular flexibility index (Phi) is 6.21. The van der Waals surface area contributed by atoms with Crippen molar-refractivity contribution in [2.75, 3.05) is 11.9 Å². The lowest BCUT2D eigenvalue weighted by atomic mass is 10.3. The first-order valence-electron chi connectivity index (χ1n) is 6.78. The number of anilines is 1. The Morgan fingerprint density at radius 3 is 2.67 bits per heavy atom. The molecule has 2 aromatic rings. The van der Waals surface area contributed by atoms with Crippen LogP contribution >= 0.6 is 11.3 Å². The number of rotatable bonds is 5. The van der Waals surface area contributed by atoms with Crippen LogP contribution in [0, 0.1) is 5.82 Å². The molecule has 0 radical (unpaired) electrons. The molecule has 0 atom stereocenters. The molecule has 0 aliphatic rings. The summed E-state index contributed by atoms with van der Waals surface area (Å²) in [4.78, 5) is 35.3. The molecule has 0 saturated heterocycles. The third-order valence-electron chi connectivity index (χ3n) is 2.65. The van der Waals surface area contributed by atoms with Crippen LogP contribution in [0.2, 0.25) is 0 Å². The zero-order chi connectivity index (χ0) is 17.4. The molecule has 124 valence electrons. The topological polar surface area (TPSA) is 84.5 Å². The molecular weight excluding hydrogens is 335 g/mol. The molecular formula is C16H13FN2O4S. The van der Waals surface area contributed by atoms with Crippen LogP contribution in [0.4, 0.5) is 14.9 Å². The second-order valence-corrected chi connectivity index (χ2v) is 5.42. The van der Waals surface area contributed by atoms with Gasteiger partial charge in [-0.3, -0.25) is 10.1 Å². The van der Waals surface area contributed by atoms with Crippen LogP contribution in [-0.2, 0) is 14.3 Å². The number of urea groups is 1. The maximum absolute atomic E-state index is 13.3. The number of ether oxygens (including phenoxy) is 1. The number of amides is 3. The predicted octanol–water partition coefficient (Wildman–Crippen LogP) is 2.79. The molecule has 0 aliphatic carbocycles. The largest absolute Gasteiger partial charge is 0.452 e. The number of halogens is 1. The van der Waals surface area contributed by atoms with E-state index >= 15 is 0 Å². The molecule has 24 heavy (non-hydrogen) atoms.